The van der Waals surface area contributed by atoms with E-state index in [0.717, 1.165) is 0 Å². The lowest BCUT2D eigenvalue weighted by Crippen LogP contribution is -2.48. The van der Waals surface area contributed by atoms with Crippen molar-refractivity contribution in [3.8, 4) is 22.8 Å². The number of nitrogens with zero attached hydrogens (tertiary/aromatic N) is 4. The van der Waals surface area contributed by atoms with Gasteiger partial charge in [-0.25, -0.2) is 4.98 Å². The van der Waals surface area contributed by atoms with Crippen molar-refractivity contribution in [1.29, 1.82) is 0 Å². The molecule has 1 aliphatic rings. The highest BCUT2D eigenvalue weighted by Gasteiger charge is 2.38. The third kappa shape index (κ3) is 3.42. The predicted molar refractivity (Wildman–Crippen MR) is 96.7 cm³/mol. The summed E-state index contributed by atoms with van der Waals surface area (Å²) in [7, 11) is 1.44. The number of nitrogens with one attached hydrogen (secondary N) is 1. The number of benzene rings is 1. The standard InChI is InChI=1S/C18H19F2N5O3/c1-18(26)6-10(7-18)22-17-24-23-15(13-8-21-9-25(13)17)12-4-3-11(27-2)5-14(12)28-16(19)20/h3-5,8-10,16,26H,6-7H2,1-2H3,(H,22,24). The van der Waals surface area contributed by atoms with Gasteiger partial charge in [0.15, 0.2) is 0 Å². The van der Waals surface area contributed by atoms with Crippen LogP contribution in [0.2, 0.25) is 0 Å². The van der Waals surface area contributed by atoms with Crippen molar-refractivity contribution in [1.82, 2.24) is 19.6 Å². The molecule has 4 rings (SSSR count). The van der Waals surface area contributed by atoms with Crippen molar-refractivity contribution in [2.45, 2.75) is 38.0 Å². The van der Waals surface area contributed by atoms with Crippen molar-refractivity contribution in [2.24, 2.45) is 0 Å². The van der Waals surface area contributed by atoms with Gasteiger partial charge in [0, 0.05) is 17.7 Å². The minimum Gasteiger partial charge on any atom is -0.497 e. The zero-order valence-electron chi connectivity index (χ0n) is 15.3. The summed E-state index contributed by atoms with van der Waals surface area (Å²) in [6, 6.07) is 4.66. The molecule has 28 heavy (non-hydrogen) atoms. The Labute approximate surface area is 159 Å². The van der Waals surface area contributed by atoms with E-state index in [-0.39, 0.29) is 11.8 Å². The summed E-state index contributed by atoms with van der Waals surface area (Å²) in [5, 5.41) is 21.5. The molecule has 0 bridgehead atoms. The molecule has 2 heterocycles. The Balaban J connectivity index is 1.72. The van der Waals surface area contributed by atoms with Crippen molar-refractivity contribution >= 4 is 11.5 Å². The number of hydrogen-bond donors (Lipinski definition) is 2. The molecule has 2 aromatic heterocycles. The third-order valence-corrected chi connectivity index (χ3v) is 4.72. The molecule has 0 aliphatic heterocycles. The van der Waals surface area contributed by atoms with Gasteiger partial charge in [-0.2, -0.15) is 8.78 Å². The van der Waals surface area contributed by atoms with Gasteiger partial charge in [0.1, 0.15) is 23.5 Å². The number of fused-ring (bicyclic) bond motifs is 1. The normalized spacial score (nSPS) is 21.6. The van der Waals surface area contributed by atoms with Crippen molar-refractivity contribution < 1.29 is 23.4 Å². The zero-order chi connectivity index (χ0) is 19.9. The molecule has 0 atom stereocenters. The summed E-state index contributed by atoms with van der Waals surface area (Å²) >= 11 is 0. The number of anilines is 1. The largest absolute Gasteiger partial charge is 0.497 e. The van der Waals surface area contributed by atoms with Crippen LogP contribution in [-0.2, 0) is 0 Å². The van der Waals surface area contributed by atoms with Gasteiger partial charge in [0.2, 0.25) is 5.95 Å². The van der Waals surface area contributed by atoms with Gasteiger partial charge in [-0.1, -0.05) is 0 Å². The molecule has 8 nitrogen and oxygen atoms in total. The Morgan fingerprint density at radius 2 is 2.11 bits per heavy atom. The summed E-state index contributed by atoms with van der Waals surface area (Å²) in [6.07, 6.45) is 4.32. The number of aliphatic hydroxyl groups is 1. The number of rotatable bonds is 6. The lowest BCUT2D eigenvalue weighted by Gasteiger charge is -2.41. The number of methoxy groups -OCH3 is 1. The average Bonchev–Trinajstić information content (AvgIpc) is 3.10. The average molecular weight is 391 g/mol. The molecule has 1 aromatic carbocycles. The van der Waals surface area contributed by atoms with E-state index in [0.29, 0.717) is 41.3 Å². The van der Waals surface area contributed by atoms with Gasteiger partial charge in [-0.15, -0.1) is 10.2 Å². The van der Waals surface area contributed by atoms with Gasteiger partial charge >= 0.3 is 6.61 Å². The number of imidazole rings is 1. The van der Waals surface area contributed by atoms with Crippen LogP contribution >= 0.6 is 0 Å². The fraction of sp³-hybridized carbons (Fsp3) is 0.389. The fourth-order valence-electron chi connectivity index (χ4n) is 3.43. The monoisotopic (exact) mass is 391 g/mol. The molecular weight excluding hydrogens is 372 g/mol. The summed E-state index contributed by atoms with van der Waals surface area (Å²) in [5.74, 6) is 0.774. The first-order valence-electron chi connectivity index (χ1n) is 8.67. The highest BCUT2D eigenvalue weighted by molar-refractivity contribution is 5.81. The lowest BCUT2D eigenvalue weighted by molar-refractivity contribution is -0.0495. The molecule has 10 heteroatoms. The Bertz CT molecular complexity index is 1000. The molecule has 0 radical (unpaired) electrons. The Morgan fingerprint density at radius 1 is 1.32 bits per heavy atom. The molecule has 0 unspecified atom stereocenters. The number of hydrogen-bond acceptors (Lipinski definition) is 7. The second-order valence-corrected chi connectivity index (χ2v) is 7.01. The Kier molecular flexibility index (Phi) is 4.50. The Hall–Kier alpha value is -3.01. The third-order valence-electron chi connectivity index (χ3n) is 4.72. The van der Waals surface area contributed by atoms with E-state index in [1.165, 1.54) is 13.2 Å². The lowest BCUT2D eigenvalue weighted by atomic mass is 9.77. The molecule has 2 N–H and O–H groups in total. The van der Waals surface area contributed by atoms with Crippen LogP contribution < -0.4 is 14.8 Å². The van der Waals surface area contributed by atoms with Gasteiger partial charge in [0.05, 0.1) is 24.4 Å². The minimum atomic E-state index is -2.99. The first-order valence-corrected chi connectivity index (χ1v) is 8.67. The predicted octanol–water partition coefficient (Wildman–Crippen LogP) is 2.73. The maximum absolute atomic E-state index is 12.9. The number of alkyl halides is 2. The fourth-order valence-corrected chi connectivity index (χ4v) is 3.43. The second kappa shape index (κ2) is 6.86. The maximum atomic E-state index is 12.9. The zero-order valence-corrected chi connectivity index (χ0v) is 15.3. The van der Waals surface area contributed by atoms with Crippen molar-refractivity contribution in [2.75, 3.05) is 12.4 Å². The molecule has 1 saturated carbocycles. The minimum absolute atomic E-state index is 0.0671. The van der Waals surface area contributed by atoms with Crippen LogP contribution in [0.15, 0.2) is 30.7 Å². The van der Waals surface area contributed by atoms with E-state index in [1.807, 2.05) is 0 Å². The second-order valence-electron chi connectivity index (χ2n) is 7.01. The van der Waals surface area contributed by atoms with E-state index in [1.54, 1.807) is 36.0 Å². The smallest absolute Gasteiger partial charge is 0.387 e. The molecule has 0 saturated heterocycles. The van der Waals surface area contributed by atoms with Crippen LogP contribution in [0.1, 0.15) is 19.8 Å². The van der Waals surface area contributed by atoms with E-state index < -0.39 is 12.2 Å². The van der Waals surface area contributed by atoms with Gasteiger partial charge in [-0.05, 0) is 31.9 Å². The van der Waals surface area contributed by atoms with Crippen LogP contribution in [-0.4, -0.2) is 50.1 Å². The van der Waals surface area contributed by atoms with Gasteiger partial charge < -0.3 is 19.9 Å². The number of halogens is 2. The van der Waals surface area contributed by atoms with E-state index in [9.17, 15) is 13.9 Å². The first kappa shape index (κ1) is 18.4. The molecule has 1 aliphatic carbocycles. The number of aromatic nitrogens is 4. The quantitative estimate of drug-likeness (QED) is 0.667. The highest BCUT2D eigenvalue weighted by Crippen LogP contribution is 2.37. The van der Waals surface area contributed by atoms with Crippen molar-refractivity contribution in [3.05, 3.63) is 30.7 Å². The van der Waals surface area contributed by atoms with Crippen LogP contribution in [0.5, 0.6) is 11.5 Å². The molecule has 0 amide bonds. The first-order chi connectivity index (χ1) is 13.4. The van der Waals surface area contributed by atoms with Crippen molar-refractivity contribution in [3.63, 3.8) is 0 Å². The van der Waals surface area contributed by atoms with E-state index in [4.69, 9.17) is 4.74 Å². The maximum Gasteiger partial charge on any atom is 0.387 e. The summed E-state index contributed by atoms with van der Waals surface area (Å²) < 4.78 is 37.2. The van der Waals surface area contributed by atoms with Crippen LogP contribution in [0.25, 0.3) is 16.8 Å². The molecule has 1 fully saturated rings. The van der Waals surface area contributed by atoms with Crippen LogP contribution in [0.4, 0.5) is 14.7 Å². The van der Waals surface area contributed by atoms with E-state index in [2.05, 4.69) is 25.2 Å². The highest BCUT2D eigenvalue weighted by atomic mass is 19.3. The molecule has 3 aromatic rings. The SMILES string of the molecule is COc1ccc(-c2nnc(NC3CC(C)(O)C3)n3cncc23)c(OC(F)F)c1. The van der Waals surface area contributed by atoms with Crippen LogP contribution in [0, 0.1) is 0 Å². The number of ether oxygens (including phenoxy) is 2. The molecular formula is C18H19F2N5O3. The Morgan fingerprint density at radius 3 is 2.79 bits per heavy atom. The molecule has 148 valence electrons. The van der Waals surface area contributed by atoms with E-state index >= 15 is 0 Å². The summed E-state index contributed by atoms with van der Waals surface area (Å²) in [6.45, 7) is -1.21. The van der Waals surface area contributed by atoms with Crippen LogP contribution in [0.3, 0.4) is 0 Å². The summed E-state index contributed by atoms with van der Waals surface area (Å²) in [4.78, 5) is 4.13. The molecule has 0 spiro atoms. The summed E-state index contributed by atoms with van der Waals surface area (Å²) in [5.41, 5.74) is 0.594. The van der Waals surface area contributed by atoms with Gasteiger partial charge in [0.25, 0.3) is 0 Å². The topological polar surface area (TPSA) is 93.8 Å². The van der Waals surface area contributed by atoms with Gasteiger partial charge in [-0.3, -0.25) is 4.40 Å².